The Bertz CT molecular complexity index is 794. The molecule has 2 atom stereocenters. The predicted octanol–water partition coefficient (Wildman–Crippen LogP) is 1.15. The van der Waals surface area contributed by atoms with E-state index >= 15 is 0 Å². The number of aryl methyl sites for hydroxylation is 1. The Morgan fingerprint density at radius 1 is 1.39 bits per heavy atom. The minimum absolute atomic E-state index is 0.00717. The van der Waals surface area contributed by atoms with Gasteiger partial charge in [0.05, 0.1) is 42.6 Å². The maximum absolute atomic E-state index is 12.0. The molecule has 2 heterocycles. The molecule has 3 rings (SSSR count). The zero-order chi connectivity index (χ0) is 16.2. The lowest BCUT2D eigenvalue weighted by atomic mass is 10.1. The molecule has 1 aromatic heterocycles. The second-order valence-electron chi connectivity index (χ2n) is 5.66. The van der Waals surface area contributed by atoms with Crippen LogP contribution in [0.4, 0.5) is 0 Å². The van der Waals surface area contributed by atoms with Crippen LogP contribution in [0, 0.1) is 18.3 Å². The Labute approximate surface area is 134 Å². The van der Waals surface area contributed by atoms with Crippen molar-refractivity contribution >= 4 is 0 Å². The molecule has 0 aliphatic carbocycles. The van der Waals surface area contributed by atoms with E-state index in [0.717, 1.165) is 11.3 Å². The minimum Gasteiger partial charge on any atom is -0.377 e. The number of benzene rings is 1. The predicted molar refractivity (Wildman–Crippen MR) is 84.9 cm³/mol. The highest BCUT2D eigenvalue weighted by Crippen LogP contribution is 2.18. The lowest BCUT2D eigenvalue weighted by molar-refractivity contribution is 0.180. The van der Waals surface area contributed by atoms with Gasteiger partial charge in [-0.3, -0.25) is 4.79 Å². The Hall–Kier alpha value is -2.49. The first kappa shape index (κ1) is 15.4. The highest BCUT2D eigenvalue weighted by Gasteiger charge is 2.30. The number of ether oxygens (including phenoxy) is 1. The number of nitrogens with one attached hydrogen (secondary N) is 1. The maximum atomic E-state index is 12.0. The second-order valence-corrected chi connectivity index (χ2v) is 5.66. The van der Waals surface area contributed by atoms with Crippen LogP contribution in [-0.2, 0) is 11.3 Å². The summed E-state index contributed by atoms with van der Waals surface area (Å²) >= 11 is 0. The van der Waals surface area contributed by atoms with Crippen molar-refractivity contribution in [3.05, 3.63) is 63.6 Å². The molecule has 1 aromatic carbocycles. The maximum Gasteiger partial charge on any atom is 0.267 e. The van der Waals surface area contributed by atoms with E-state index in [1.54, 1.807) is 12.1 Å². The normalized spacial score (nSPS) is 20.3. The second kappa shape index (κ2) is 6.73. The first-order chi connectivity index (χ1) is 11.2. The van der Waals surface area contributed by atoms with E-state index < -0.39 is 0 Å². The molecule has 0 spiro atoms. The van der Waals surface area contributed by atoms with Crippen molar-refractivity contribution < 1.29 is 4.74 Å². The summed E-state index contributed by atoms with van der Waals surface area (Å²) in [6.45, 7) is 3.47. The SMILES string of the molecule is Cc1ccc(=O)n(C2COCC2NCc2cccc(C#N)c2)n1. The van der Waals surface area contributed by atoms with Gasteiger partial charge in [0, 0.05) is 12.6 Å². The van der Waals surface area contributed by atoms with E-state index in [4.69, 9.17) is 10.00 Å². The van der Waals surface area contributed by atoms with Gasteiger partial charge in [0.15, 0.2) is 0 Å². The molecular formula is C17H18N4O2. The fraction of sp³-hybridized carbons (Fsp3) is 0.353. The molecule has 0 amide bonds. The highest BCUT2D eigenvalue weighted by molar-refractivity contribution is 5.32. The van der Waals surface area contributed by atoms with E-state index in [9.17, 15) is 4.79 Å². The number of aromatic nitrogens is 2. The summed E-state index contributed by atoms with van der Waals surface area (Å²) in [7, 11) is 0. The fourth-order valence-electron chi connectivity index (χ4n) is 2.74. The average Bonchev–Trinajstić information content (AvgIpc) is 3.03. The van der Waals surface area contributed by atoms with E-state index in [0.29, 0.717) is 25.3 Å². The summed E-state index contributed by atoms with van der Waals surface area (Å²) in [5.74, 6) is 0. The third-order valence-electron chi connectivity index (χ3n) is 3.95. The lowest BCUT2D eigenvalue weighted by Gasteiger charge is -2.20. The van der Waals surface area contributed by atoms with Gasteiger partial charge in [0.2, 0.25) is 0 Å². The molecule has 6 nitrogen and oxygen atoms in total. The Balaban J connectivity index is 1.73. The van der Waals surface area contributed by atoms with Gasteiger partial charge in [-0.05, 0) is 30.7 Å². The van der Waals surface area contributed by atoms with E-state index in [1.807, 2.05) is 25.1 Å². The van der Waals surface area contributed by atoms with Crippen LogP contribution in [0.15, 0.2) is 41.2 Å². The molecular weight excluding hydrogens is 292 g/mol. The summed E-state index contributed by atoms with van der Waals surface area (Å²) in [6, 6.07) is 12.7. The van der Waals surface area contributed by atoms with Gasteiger partial charge < -0.3 is 10.1 Å². The zero-order valence-corrected chi connectivity index (χ0v) is 12.9. The van der Waals surface area contributed by atoms with Gasteiger partial charge in [-0.2, -0.15) is 10.4 Å². The van der Waals surface area contributed by atoms with Crippen LogP contribution >= 0.6 is 0 Å². The van der Waals surface area contributed by atoms with Gasteiger partial charge in [-0.15, -0.1) is 0 Å². The first-order valence-electron chi connectivity index (χ1n) is 7.54. The number of hydrogen-bond donors (Lipinski definition) is 1. The molecule has 23 heavy (non-hydrogen) atoms. The molecule has 2 aromatic rings. The van der Waals surface area contributed by atoms with Crippen molar-refractivity contribution in [2.24, 2.45) is 0 Å². The quantitative estimate of drug-likeness (QED) is 0.916. The lowest BCUT2D eigenvalue weighted by Crippen LogP contribution is -2.41. The van der Waals surface area contributed by atoms with Crippen LogP contribution in [0.1, 0.15) is 22.9 Å². The van der Waals surface area contributed by atoms with E-state index in [1.165, 1.54) is 10.7 Å². The van der Waals surface area contributed by atoms with Crippen molar-refractivity contribution in [3.63, 3.8) is 0 Å². The largest absolute Gasteiger partial charge is 0.377 e. The smallest absolute Gasteiger partial charge is 0.267 e. The van der Waals surface area contributed by atoms with Crippen molar-refractivity contribution in [1.29, 1.82) is 5.26 Å². The van der Waals surface area contributed by atoms with E-state index in [2.05, 4.69) is 16.5 Å². The van der Waals surface area contributed by atoms with Crippen LogP contribution in [-0.4, -0.2) is 29.0 Å². The third-order valence-corrected chi connectivity index (χ3v) is 3.95. The average molecular weight is 310 g/mol. The molecule has 2 unspecified atom stereocenters. The molecule has 1 aliphatic heterocycles. The molecule has 118 valence electrons. The summed E-state index contributed by atoms with van der Waals surface area (Å²) in [5.41, 5.74) is 2.35. The van der Waals surface area contributed by atoms with Crippen LogP contribution in [0.25, 0.3) is 0 Å². The number of hydrogen-bond acceptors (Lipinski definition) is 5. The van der Waals surface area contributed by atoms with Crippen LogP contribution in [0.5, 0.6) is 0 Å². The molecule has 1 aliphatic rings. The molecule has 0 bridgehead atoms. The molecule has 6 heteroatoms. The fourth-order valence-corrected chi connectivity index (χ4v) is 2.74. The van der Waals surface area contributed by atoms with Gasteiger partial charge >= 0.3 is 0 Å². The van der Waals surface area contributed by atoms with Crippen LogP contribution < -0.4 is 10.9 Å². The third kappa shape index (κ3) is 3.47. The van der Waals surface area contributed by atoms with E-state index in [-0.39, 0.29) is 17.6 Å². The van der Waals surface area contributed by atoms with Gasteiger partial charge in [0.25, 0.3) is 5.56 Å². The Morgan fingerprint density at radius 3 is 3.09 bits per heavy atom. The van der Waals surface area contributed by atoms with Crippen molar-refractivity contribution in [1.82, 2.24) is 15.1 Å². The van der Waals surface area contributed by atoms with Crippen molar-refractivity contribution in [3.8, 4) is 6.07 Å². The molecule has 1 fully saturated rings. The first-order valence-corrected chi connectivity index (χ1v) is 7.54. The van der Waals surface area contributed by atoms with Crippen LogP contribution in [0.3, 0.4) is 0 Å². The number of rotatable bonds is 4. The Kier molecular flexibility index (Phi) is 4.51. The van der Waals surface area contributed by atoms with Crippen molar-refractivity contribution in [2.75, 3.05) is 13.2 Å². The summed E-state index contributed by atoms with van der Waals surface area (Å²) in [5, 5.41) is 16.7. The summed E-state index contributed by atoms with van der Waals surface area (Å²) in [4.78, 5) is 12.0. The highest BCUT2D eigenvalue weighted by atomic mass is 16.5. The number of nitrogens with zero attached hydrogens (tertiary/aromatic N) is 3. The van der Waals surface area contributed by atoms with Crippen molar-refractivity contribution in [2.45, 2.75) is 25.6 Å². The summed E-state index contributed by atoms with van der Waals surface area (Å²) in [6.07, 6.45) is 0. The minimum atomic E-state index is -0.124. The summed E-state index contributed by atoms with van der Waals surface area (Å²) < 4.78 is 7.04. The zero-order valence-electron chi connectivity index (χ0n) is 12.9. The monoisotopic (exact) mass is 310 g/mol. The van der Waals surface area contributed by atoms with Gasteiger partial charge in [0.1, 0.15) is 0 Å². The standard InChI is InChI=1S/C17H18N4O2/c1-12-5-6-17(22)21(20-12)16-11-23-10-15(16)19-9-14-4-2-3-13(7-14)8-18/h2-7,15-16,19H,9-11H2,1H3. The van der Waals surface area contributed by atoms with Crippen LogP contribution in [0.2, 0.25) is 0 Å². The topological polar surface area (TPSA) is 79.9 Å². The van der Waals surface area contributed by atoms with Gasteiger partial charge in [-0.1, -0.05) is 12.1 Å². The molecule has 0 radical (unpaired) electrons. The number of nitriles is 1. The Morgan fingerprint density at radius 2 is 2.26 bits per heavy atom. The molecule has 1 saturated heterocycles. The molecule has 1 N–H and O–H groups in total. The molecule has 0 saturated carbocycles. The van der Waals surface area contributed by atoms with Gasteiger partial charge in [-0.25, -0.2) is 4.68 Å².